The normalized spacial score (nSPS) is 27.1. The predicted molar refractivity (Wildman–Crippen MR) is 63.7 cm³/mol. The van der Waals surface area contributed by atoms with Crippen LogP contribution in [0.4, 0.5) is 0 Å². The van der Waals surface area contributed by atoms with Crippen molar-refractivity contribution in [3.63, 3.8) is 0 Å². The van der Waals surface area contributed by atoms with Crippen molar-refractivity contribution in [2.75, 3.05) is 6.61 Å². The van der Waals surface area contributed by atoms with Gasteiger partial charge in [0, 0.05) is 12.0 Å². The fourth-order valence-corrected chi connectivity index (χ4v) is 2.88. The Labute approximate surface area is 120 Å². The Bertz CT molecular complexity index is 415. The lowest BCUT2D eigenvalue weighted by Crippen LogP contribution is -3.00. The van der Waals surface area contributed by atoms with Gasteiger partial charge in [0.25, 0.3) is 0 Å². The van der Waals surface area contributed by atoms with Crippen molar-refractivity contribution in [3.8, 4) is 0 Å². The minimum absolute atomic E-state index is 0. The van der Waals surface area contributed by atoms with Crippen LogP contribution < -0.4 is 24.0 Å². The first kappa shape index (κ1) is 12.9. The molecule has 3 rings (SSSR count). The Morgan fingerprint density at radius 3 is 2.76 bits per heavy atom. The number of benzene rings is 1. The summed E-state index contributed by atoms with van der Waals surface area (Å²) in [6.45, 7) is 3.13. The summed E-state index contributed by atoms with van der Waals surface area (Å²) >= 11 is 0. The summed E-state index contributed by atoms with van der Waals surface area (Å²) in [5.74, 6) is 1.22. The van der Waals surface area contributed by atoms with Crippen LogP contribution in [-0.4, -0.2) is 23.1 Å². The molecule has 17 heavy (non-hydrogen) atoms. The third kappa shape index (κ3) is 2.34. The smallest absolute Gasteiger partial charge is 0.337 e. The predicted octanol–water partition coefficient (Wildman–Crippen LogP) is -0.255. The van der Waals surface area contributed by atoms with E-state index in [-0.39, 0.29) is 24.0 Å². The lowest BCUT2D eigenvalue weighted by atomic mass is 10.0. The van der Waals surface area contributed by atoms with Gasteiger partial charge in [-0.05, 0) is 13.3 Å². The fraction of sp³-hybridized carbons (Fsp3) is 0.500. The zero-order chi connectivity index (χ0) is 11.0. The second-order valence-electron chi connectivity index (χ2n) is 4.78. The first-order chi connectivity index (χ1) is 7.86. The van der Waals surface area contributed by atoms with E-state index < -0.39 is 0 Å². The minimum Gasteiger partial charge on any atom is -1.00 e. The SMILES string of the molecule is C[C@H]1CCCC2=[N+]1[C@H](c1ccccc1)CO2.[I-]. The van der Waals surface area contributed by atoms with E-state index in [9.17, 15) is 0 Å². The molecule has 0 unspecified atom stereocenters. The maximum Gasteiger partial charge on any atom is 0.337 e. The summed E-state index contributed by atoms with van der Waals surface area (Å²) in [7, 11) is 0. The van der Waals surface area contributed by atoms with E-state index in [0.29, 0.717) is 12.1 Å². The van der Waals surface area contributed by atoms with Crippen LogP contribution in [0.25, 0.3) is 0 Å². The van der Waals surface area contributed by atoms with Crippen LogP contribution in [0.1, 0.15) is 37.8 Å². The van der Waals surface area contributed by atoms with Gasteiger partial charge < -0.3 is 28.7 Å². The highest BCUT2D eigenvalue weighted by atomic mass is 127. The standard InChI is InChI=1S/C14H18NO.HI/c1-11-6-5-9-14-15(11)13(10-16-14)12-7-3-2-4-8-12;/h2-4,7-8,11,13H,5-6,9-10H2,1H3;1H/q+1;/p-1/t11-,13-;/m0./s1. The van der Waals surface area contributed by atoms with E-state index in [1.54, 1.807) is 0 Å². The van der Waals surface area contributed by atoms with E-state index in [2.05, 4.69) is 41.8 Å². The van der Waals surface area contributed by atoms with Crippen LogP contribution in [0.15, 0.2) is 30.3 Å². The molecule has 0 saturated carbocycles. The summed E-state index contributed by atoms with van der Waals surface area (Å²) in [4.78, 5) is 0. The van der Waals surface area contributed by atoms with Crippen LogP contribution in [0, 0.1) is 0 Å². The van der Waals surface area contributed by atoms with Crippen LogP contribution in [0.3, 0.4) is 0 Å². The van der Waals surface area contributed by atoms with Gasteiger partial charge in [0.05, 0.1) is 6.42 Å². The Hall–Kier alpha value is -0.580. The zero-order valence-electron chi connectivity index (χ0n) is 10.1. The Morgan fingerprint density at radius 2 is 2.00 bits per heavy atom. The number of hydrogen-bond acceptors (Lipinski definition) is 1. The molecule has 3 heteroatoms. The maximum absolute atomic E-state index is 5.84. The molecule has 2 heterocycles. The molecule has 2 aliphatic heterocycles. The molecular formula is C14H18INO. The molecule has 0 saturated heterocycles. The fourth-order valence-electron chi connectivity index (χ4n) is 2.88. The molecule has 0 radical (unpaired) electrons. The summed E-state index contributed by atoms with van der Waals surface area (Å²) in [6.07, 6.45) is 3.68. The van der Waals surface area contributed by atoms with Crippen molar-refractivity contribution in [2.24, 2.45) is 0 Å². The Morgan fingerprint density at radius 1 is 1.24 bits per heavy atom. The zero-order valence-corrected chi connectivity index (χ0v) is 12.3. The molecule has 0 aliphatic carbocycles. The molecule has 0 amide bonds. The van der Waals surface area contributed by atoms with E-state index in [1.807, 2.05) is 0 Å². The van der Waals surface area contributed by atoms with Gasteiger partial charge in [0.2, 0.25) is 6.04 Å². The Kier molecular flexibility index (Phi) is 4.07. The molecule has 0 N–H and O–H groups in total. The van der Waals surface area contributed by atoms with Crippen LogP contribution >= 0.6 is 0 Å². The largest absolute Gasteiger partial charge is 1.00 e. The molecule has 2 nitrogen and oxygen atoms in total. The molecule has 1 aromatic carbocycles. The molecule has 0 bridgehead atoms. The number of nitrogens with zero attached hydrogens (tertiary/aromatic N) is 1. The summed E-state index contributed by atoms with van der Waals surface area (Å²) in [6, 6.07) is 11.8. The van der Waals surface area contributed by atoms with Crippen molar-refractivity contribution in [1.29, 1.82) is 0 Å². The Balaban J connectivity index is 0.00000108. The van der Waals surface area contributed by atoms with E-state index in [4.69, 9.17) is 4.74 Å². The minimum atomic E-state index is 0. The average Bonchev–Trinajstić information content (AvgIpc) is 2.75. The van der Waals surface area contributed by atoms with Gasteiger partial charge in [-0.2, -0.15) is 4.58 Å². The maximum atomic E-state index is 5.84. The first-order valence-electron chi connectivity index (χ1n) is 6.18. The van der Waals surface area contributed by atoms with E-state index in [0.717, 1.165) is 13.0 Å². The molecular weight excluding hydrogens is 325 g/mol. The quantitative estimate of drug-likeness (QED) is 0.506. The van der Waals surface area contributed by atoms with Gasteiger partial charge in [-0.15, -0.1) is 0 Å². The highest BCUT2D eigenvalue weighted by molar-refractivity contribution is 5.72. The highest BCUT2D eigenvalue weighted by Crippen LogP contribution is 2.29. The molecule has 0 spiro atoms. The van der Waals surface area contributed by atoms with Gasteiger partial charge in [-0.3, -0.25) is 0 Å². The lowest BCUT2D eigenvalue weighted by molar-refractivity contribution is -0.599. The van der Waals surface area contributed by atoms with Crippen LogP contribution in [-0.2, 0) is 4.74 Å². The van der Waals surface area contributed by atoms with Gasteiger partial charge in [-0.1, -0.05) is 30.3 Å². The molecule has 2 atom stereocenters. The number of ether oxygens (including phenoxy) is 1. The molecule has 92 valence electrons. The second kappa shape index (κ2) is 5.38. The van der Waals surface area contributed by atoms with E-state index >= 15 is 0 Å². The van der Waals surface area contributed by atoms with Gasteiger partial charge in [0.15, 0.2) is 12.6 Å². The summed E-state index contributed by atoms with van der Waals surface area (Å²) in [5, 5.41) is 0. The number of halogens is 1. The third-order valence-corrected chi connectivity index (χ3v) is 3.70. The topological polar surface area (TPSA) is 12.2 Å². The van der Waals surface area contributed by atoms with E-state index in [1.165, 1.54) is 24.3 Å². The monoisotopic (exact) mass is 343 g/mol. The van der Waals surface area contributed by atoms with Crippen LogP contribution in [0.5, 0.6) is 0 Å². The molecule has 0 aromatic heterocycles. The summed E-state index contributed by atoms with van der Waals surface area (Å²) in [5.41, 5.74) is 1.38. The lowest BCUT2D eigenvalue weighted by Gasteiger charge is -2.18. The van der Waals surface area contributed by atoms with Gasteiger partial charge in [0.1, 0.15) is 0 Å². The third-order valence-electron chi connectivity index (χ3n) is 3.70. The van der Waals surface area contributed by atoms with Crippen molar-refractivity contribution in [3.05, 3.63) is 35.9 Å². The molecule has 2 aliphatic rings. The second-order valence-corrected chi connectivity index (χ2v) is 4.78. The molecule has 1 aromatic rings. The van der Waals surface area contributed by atoms with Crippen molar-refractivity contribution in [2.45, 2.75) is 38.3 Å². The molecule has 0 fully saturated rings. The first-order valence-corrected chi connectivity index (χ1v) is 6.18. The van der Waals surface area contributed by atoms with Crippen molar-refractivity contribution in [1.82, 2.24) is 0 Å². The van der Waals surface area contributed by atoms with Crippen molar-refractivity contribution >= 4 is 5.90 Å². The summed E-state index contributed by atoms with van der Waals surface area (Å²) < 4.78 is 8.32. The number of rotatable bonds is 1. The highest BCUT2D eigenvalue weighted by Gasteiger charge is 2.41. The van der Waals surface area contributed by atoms with Crippen LogP contribution in [0.2, 0.25) is 0 Å². The average molecular weight is 343 g/mol. The van der Waals surface area contributed by atoms with Gasteiger partial charge >= 0.3 is 5.90 Å². The van der Waals surface area contributed by atoms with Gasteiger partial charge in [-0.25, -0.2) is 0 Å². The van der Waals surface area contributed by atoms with Crippen molar-refractivity contribution < 1.29 is 33.3 Å². The number of hydrogen-bond donors (Lipinski definition) is 0.